The third-order valence-corrected chi connectivity index (χ3v) is 3.42. The predicted molar refractivity (Wildman–Crippen MR) is 90.3 cm³/mol. The van der Waals surface area contributed by atoms with Crippen LogP contribution in [0.4, 0.5) is 24.5 Å². The summed E-state index contributed by atoms with van der Waals surface area (Å²) in [6, 6.07) is 7.72. The lowest BCUT2D eigenvalue weighted by Crippen LogP contribution is -2.15. The fourth-order valence-electron chi connectivity index (χ4n) is 1.90. The lowest BCUT2D eigenvalue weighted by molar-refractivity contribution is -0.112. The smallest absolute Gasteiger partial charge is 0.267 e. The van der Waals surface area contributed by atoms with Crippen molar-refractivity contribution in [2.45, 2.75) is 0 Å². The van der Waals surface area contributed by atoms with Gasteiger partial charge in [0.15, 0.2) is 17.5 Å². The van der Waals surface area contributed by atoms with Gasteiger partial charge in [-0.15, -0.1) is 0 Å². The van der Waals surface area contributed by atoms with Crippen molar-refractivity contribution in [2.24, 2.45) is 0 Å². The molecule has 0 fully saturated rings. The maximum absolute atomic E-state index is 13.6. The van der Waals surface area contributed by atoms with E-state index in [4.69, 9.17) is 21.6 Å². The number of benzene rings is 2. The van der Waals surface area contributed by atoms with Crippen LogP contribution in [0.1, 0.15) is 0 Å². The Kier molecular flexibility index (Phi) is 6.09. The monoisotopic (exact) mass is 381 g/mol. The summed E-state index contributed by atoms with van der Waals surface area (Å²) in [6.07, 6.45) is 0.863. The van der Waals surface area contributed by atoms with Gasteiger partial charge < -0.3 is 15.4 Å². The van der Waals surface area contributed by atoms with Crippen LogP contribution >= 0.6 is 11.6 Å². The lowest BCUT2D eigenvalue weighted by atomic mass is 10.2. The molecule has 5 nitrogen and oxygen atoms in total. The van der Waals surface area contributed by atoms with Crippen molar-refractivity contribution in [3.05, 3.63) is 64.6 Å². The highest BCUT2D eigenvalue weighted by Gasteiger charge is 2.15. The van der Waals surface area contributed by atoms with Gasteiger partial charge in [0.2, 0.25) is 0 Å². The first-order chi connectivity index (χ1) is 12.4. The Morgan fingerprint density at radius 3 is 2.58 bits per heavy atom. The molecule has 0 aliphatic heterocycles. The van der Waals surface area contributed by atoms with Gasteiger partial charge in [0, 0.05) is 11.2 Å². The van der Waals surface area contributed by atoms with Crippen molar-refractivity contribution in [3.8, 4) is 11.8 Å². The highest BCUT2D eigenvalue weighted by molar-refractivity contribution is 6.31. The molecule has 2 rings (SSSR count). The first-order valence-corrected chi connectivity index (χ1v) is 7.40. The molecule has 0 heterocycles. The van der Waals surface area contributed by atoms with E-state index in [0.717, 1.165) is 12.3 Å². The first-order valence-electron chi connectivity index (χ1n) is 7.02. The quantitative estimate of drug-likeness (QED) is 0.462. The van der Waals surface area contributed by atoms with E-state index in [-0.39, 0.29) is 5.69 Å². The second kappa shape index (κ2) is 8.27. The molecule has 9 heteroatoms. The van der Waals surface area contributed by atoms with E-state index in [1.54, 1.807) is 12.1 Å². The summed E-state index contributed by atoms with van der Waals surface area (Å²) in [5.74, 6) is -5.04. The normalized spacial score (nSPS) is 10.8. The molecular formula is C17H11ClF3N3O2. The fourth-order valence-corrected chi connectivity index (χ4v) is 2.08. The Balaban J connectivity index is 2.22. The van der Waals surface area contributed by atoms with Crippen molar-refractivity contribution in [1.29, 1.82) is 5.26 Å². The number of carbonyl (C=O) groups excluding carboxylic acids is 1. The van der Waals surface area contributed by atoms with Crippen molar-refractivity contribution < 1.29 is 22.7 Å². The SMILES string of the molecule is COc1ccc(Cl)cc1NC(=O)/C(C#N)=C\Nc1ccc(F)c(F)c1F. The minimum Gasteiger partial charge on any atom is -0.495 e. The molecule has 2 aromatic carbocycles. The van der Waals surface area contributed by atoms with E-state index >= 15 is 0 Å². The molecule has 0 aliphatic rings. The minimum atomic E-state index is -1.67. The van der Waals surface area contributed by atoms with Crippen LogP contribution in [-0.4, -0.2) is 13.0 Å². The Morgan fingerprint density at radius 2 is 1.92 bits per heavy atom. The number of rotatable bonds is 5. The standard InChI is InChI=1S/C17H11ClF3N3O2/c1-26-14-5-2-10(18)6-13(14)24-17(25)9(7-22)8-23-12-4-3-11(19)15(20)16(12)21/h2-6,8,23H,1H3,(H,24,25)/b9-8-. The zero-order valence-electron chi connectivity index (χ0n) is 13.2. The highest BCUT2D eigenvalue weighted by Crippen LogP contribution is 2.28. The summed E-state index contributed by atoms with van der Waals surface area (Å²) >= 11 is 5.85. The average Bonchev–Trinajstić information content (AvgIpc) is 2.62. The summed E-state index contributed by atoms with van der Waals surface area (Å²) in [5.41, 5.74) is -0.675. The van der Waals surface area contributed by atoms with E-state index < -0.39 is 34.6 Å². The van der Waals surface area contributed by atoms with Gasteiger partial charge in [0.25, 0.3) is 5.91 Å². The summed E-state index contributed by atoms with van der Waals surface area (Å²) in [6.45, 7) is 0. The number of carbonyl (C=O) groups is 1. The van der Waals surface area contributed by atoms with Gasteiger partial charge in [-0.05, 0) is 30.3 Å². The summed E-state index contributed by atoms with van der Waals surface area (Å²) in [5, 5.41) is 14.1. The number of amides is 1. The molecule has 1 amide bonds. The van der Waals surface area contributed by atoms with Crippen LogP contribution in [0.2, 0.25) is 5.02 Å². The number of nitrogens with zero attached hydrogens (tertiary/aromatic N) is 1. The number of nitriles is 1. The largest absolute Gasteiger partial charge is 0.495 e. The molecular weight excluding hydrogens is 371 g/mol. The fraction of sp³-hybridized carbons (Fsp3) is 0.0588. The van der Waals surface area contributed by atoms with E-state index in [0.29, 0.717) is 16.8 Å². The maximum atomic E-state index is 13.6. The number of anilines is 2. The molecule has 0 aliphatic carbocycles. The third-order valence-electron chi connectivity index (χ3n) is 3.18. The molecule has 0 saturated carbocycles. The van der Waals surface area contributed by atoms with Crippen molar-refractivity contribution in [3.63, 3.8) is 0 Å². The predicted octanol–water partition coefficient (Wildman–Crippen LogP) is 4.22. The second-order valence-electron chi connectivity index (χ2n) is 4.84. The summed E-state index contributed by atoms with van der Waals surface area (Å²) in [4.78, 5) is 12.2. The van der Waals surface area contributed by atoms with Crippen LogP contribution in [0.25, 0.3) is 0 Å². The first kappa shape index (κ1) is 19.1. The molecule has 2 aromatic rings. The molecule has 0 aromatic heterocycles. The maximum Gasteiger partial charge on any atom is 0.267 e. The number of methoxy groups -OCH3 is 1. The van der Waals surface area contributed by atoms with Gasteiger partial charge in [-0.1, -0.05) is 11.6 Å². The molecule has 0 unspecified atom stereocenters. The van der Waals surface area contributed by atoms with Crippen molar-refractivity contribution >= 4 is 28.9 Å². The van der Waals surface area contributed by atoms with Gasteiger partial charge in [0.1, 0.15) is 17.4 Å². The van der Waals surface area contributed by atoms with Crippen LogP contribution < -0.4 is 15.4 Å². The second-order valence-corrected chi connectivity index (χ2v) is 5.27. The summed E-state index contributed by atoms with van der Waals surface area (Å²) < 4.78 is 44.7. The van der Waals surface area contributed by atoms with E-state index in [1.807, 2.05) is 0 Å². The van der Waals surface area contributed by atoms with Crippen LogP contribution in [-0.2, 0) is 4.79 Å². The van der Waals surface area contributed by atoms with Gasteiger partial charge in [-0.3, -0.25) is 4.79 Å². The third kappa shape index (κ3) is 4.26. The molecule has 0 spiro atoms. The van der Waals surface area contributed by atoms with Gasteiger partial charge >= 0.3 is 0 Å². The molecule has 0 radical (unpaired) electrons. The number of hydrogen-bond donors (Lipinski definition) is 2. The Morgan fingerprint density at radius 1 is 1.19 bits per heavy atom. The number of nitrogens with one attached hydrogen (secondary N) is 2. The Hall–Kier alpha value is -3.18. The van der Waals surface area contributed by atoms with Crippen molar-refractivity contribution in [1.82, 2.24) is 0 Å². The molecule has 0 bridgehead atoms. The zero-order chi connectivity index (χ0) is 19.3. The number of ether oxygens (including phenoxy) is 1. The Labute approximate surface area is 151 Å². The van der Waals surface area contributed by atoms with Crippen molar-refractivity contribution in [2.75, 3.05) is 17.7 Å². The summed E-state index contributed by atoms with van der Waals surface area (Å²) in [7, 11) is 1.38. The number of hydrogen-bond acceptors (Lipinski definition) is 4. The average molecular weight is 382 g/mol. The highest BCUT2D eigenvalue weighted by atomic mass is 35.5. The van der Waals surface area contributed by atoms with Gasteiger partial charge in [-0.25, -0.2) is 13.2 Å². The lowest BCUT2D eigenvalue weighted by Gasteiger charge is -2.10. The molecule has 0 saturated heterocycles. The zero-order valence-corrected chi connectivity index (χ0v) is 14.0. The van der Waals surface area contributed by atoms with Crippen LogP contribution in [0.15, 0.2) is 42.1 Å². The van der Waals surface area contributed by atoms with Gasteiger partial charge in [-0.2, -0.15) is 5.26 Å². The van der Waals surface area contributed by atoms with E-state index in [1.165, 1.54) is 19.2 Å². The van der Waals surface area contributed by atoms with Crippen LogP contribution in [0, 0.1) is 28.8 Å². The molecule has 26 heavy (non-hydrogen) atoms. The molecule has 134 valence electrons. The number of halogens is 4. The minimum absolute atomic E-state index is 0.213. The molecule has 2 N–H and O–H groups in total. The van der Waals surface area contributed by atoms with Crippen LogP contribution in [0.5, 0.6) is 5.75 Å². The topological polar surface area (TPSA) is 74.1 Å². The van der Waals surface area contributed by atoms with Crippen LogP contribution in [0.3, 0.4) is 0 Å². The van der Waals surface area contributed by atoms with E-state index in [9.17, 15) is 18.0 Å². The Bertz CT molecular complexity index is 926. The van der Waals surface area contributed by atoms with Gasteiger partial charge in [0.05, 0.1) is 18.5 Å². The van der Waals surface area contributed by atoms with E-state index in [2.05, 4.69) is 10.6 Å². The molecule has 0 atom stereocenters.